The van der Waals surface area contributed by atoms with Crippen LogP contribution in [0.1, 0.15) is 29.8 Å². The first kappa shape index (κ1) is 17.9. The largest absolute Gasteiger partial charge is 0.339 e. The Labute approximate surface area is 148 Å². The number of hydrogen-bond donors (Lipinski definition) is 2. The minimum Gasteiger partial charge on any atom is -0.339 e. The van der Waals surface area contributed by atoms with Gasteiger partial charge in [0.25, 0.3) is 5.91 Å². The van der Waals surface area contributed by atoms with E-state index in [2.05, 4.69) is 10.6 Å². The predicted octanol–water partition coefficient (Wildman–Crippen LogP) is 4.29. The topological polar surface area (TPSA) is 44.4 Å². The van der Waals surface area contributed by atoms with Crippen LogP contribution < -0.4 is 10.6 Å². The van der Waals surface area contributed by atoms with Crippen molar-refractivity contribution in [3.63, 3.8) is 0 Å². The predicted molar refractivity (Wildman–Crippen MR) is 105 cm³/mol. The highest BCUT2D eigenvalue weighted by Crippen LogP contribution is 2.15. The van der Waals surface area contributed by atoms with E-state index in [1.807, 2.05) is 69.3 Å². The number of aryl methyl sites for hydroxylation is 1. The van der Waals surface area contributed by atoms with E-state index in [4.69, 9.17) is 12.2 Å². The highest BCUT2D eigenvalue weighted by Gasteiger charge is 2.12. The van der Waals surface area contributed by atoms with Gasteiger partial charge in [0.2, 0.25) is 0 Å². The lowest BCUT2D eigenvalue weighted by Crippen LogP contribution is -2.30. The van der Waals surface area contributed by atoms with E-state index in [0.717, 1.165) is 16.9 Å². The highest BCUT2D eigenvalue weighted by molar-refractivity contribution is 7.80. The molecule has 24 heavy (non-hydrogen) atoms. The van der Waals surface area contributed by atoms with Gasteiger partial charge in [-0.05, 0) is 68.9 Å². The van der Waals surface area contributed by atoms with Gasteiger partial charge in [-0.25, -0.2) is 0 Å². The molecule has 0 fully saturated rings. The van der Waals surface area contributed by atoms with Crippen molar-refractivity contribution >= 4 is 34.6 Å². The van der Waals surface area contributed by atoms with Gasteiger partial charge in [0.15, 0.2) is 5.11 Å². The molecule has 2 aromatic carbocycles. The molecule has 1 amide bonds. The van der Waals surface area contributed by atoms with Crippen LogP contribution in [0.5, 0.6) is 0 Å². The van der Waals surface area contributed by atoms with Gasteiger partial charge in [-0.1, -0.05) is 18.2 Å². The van der Waals surface area contributed by atoms with Crippen LogP contribution in [-0.4, -0.2) is 29.0 Å². The Morgan fingerprint density at radius 1 is 1.00 bits per heavy atom. The zero-order chi connectivity index (χ0) is 17.5. The average Bonchev–Trinajstić information content (AvgIpc) is 2.58. The SMILES string of the molecule is CCN(CC)C(=O)c1ccc(NC(=S)Nc2ccccc2C)cc1. The summed E-state index contributed by atoms with van der Waals surface area (Å²) in [4.78, 5) is 14.1. The minimum absolute atomic E-state index is 0.0483. The molecule has 0 bridgehead atoms. The molecule has 126 valence electrons. The second kappa shape index (κ2) is 8.45. The van der Waals surface area contributed by atoms with Gasteiger partial charge in [0.1, 0.15) is 0 Å². The van der Waals surface area contributed by atoms with E-state index in [0.29, 0.717) is 23.8 Å². The van der Waals surface area contributed by atoms with Gasteiger partial charge >= 0.3 is 0 Å². The number of hydrogen-bond acceptors (Lipinski definition) is 2. The molecular weight excluding hydrogens is 318 g/mol. The number of anilines is 2. The first-order valence-corrected chi connectivity index (χ1v) is 8.49. The fraction of sp³-hybridized carbons (Fsp3) is 0.263. The average molecular weight is 341 g/mol. The van der Waals surface area contributed by atoms with Gasteiger partial charge in [0.05, 0.1) is 0 Å². The Hall–Kier alpha value is -2.40. The quantitative estimate of drug-likeness (QED) is 0.797. The summed E-state index contributed by atoms with van der Waals surface area (Å²) in [6, 6.07) is 15.3. The van der Waals surface area contributed by atoms with E-state index >= 15 is 0 Å². The maximum atomic E-state index is 12.3. The van der Waals surface area contributed by atoms with Crippen molar-refractivity contribution in [2.75, 3.05) is 23.7 Å². The molecule has 4 nitrogen and oxygen atoms in total. The lowest BCUT2D eigenvalue weighted by molar-refractivity contribution is 0.0773. The number of carbonyl (C=O) groups excluding carboxylic acids is 1. The van der Waals surface area contributed by atoms with Crippen molar-refractivity contribution in [3.05, 3.63) is 59.7 Å². The molecule has 0 unspecified atom stereocenters. The zero-order valence-corrected chi connectivity index (χ0v) is 15.1. The van der Waals surface area contributed by atoms with Crippen LogP contribution >= 0.6 is 12.2 Å². The molecule has 0 heterocycles. The van der Waals surface area contributed by atoms with Crippen molar-refractivity contribution in [2.45, 2.75) is 20.8 Å². The first-order valence-electron chi connectivity index (χ1n) is 8.08. The van der Waals surface area contributed by atoms with Crippen molar-refractivity contribution < 1.29 is 4.79 Å². The summed E-state index contributed by atoms with van der Waals surface area (Å²) in [5.74, 6) is 0.0483. The van der Waals surface area contributed by atoms with Crippen LogP contribution in [0.2, 0.25) is 0 Å². The molecule has 0 atom stereocenters. The maximum Gasteiger partial charge on any atom is 0.253 e. The second-order valence-corrected chi connectivity index (χ2v) is 5.86. The van der Waals surface area contributed by atoms with Gasteiger partial charge in [-0.15, -0.1) is 0 Å². The molecule has 5 heteroatoms. The lowest BCUT2D eigenvalue weighted by atomic mass is 10.2. The summed E-state index contributed by atoms with van der Waals surface area (Å²) < 4.78 is 0. The maximum absolute atomic E-state index is 12.3. The van der Waals surface area contributed by atoms with Crippen molar-refractivity contribution in [3.8, 4) is 0 Å². The molecule has 0 spiro atoms. The molecule has 0 radical (unpaired) electrons. The fourth-order valence-corrected chi connectivity index (χ4v) is 2.62. The van der Waals surface area contributed by atoms with Crippen LogP contribution in [0.15, 0.2) is 48.5 Å². The number of carbonyl (C=O) groups is 1. The Morgan fingerprint density at radius 2 is 1.62 bits per heavy atom. The van der Waals surface area contributed by atoms with Gasteiger partial charge in [-0.2, -0.15) is 0 Å². The summed E-state index contributed by atoms with van der Waals surface area (Å²) in [5, 5.41) is 6.83. The molecule has 0 aromatic heterocycles. The fourth-order valence-electron chi connectivity index (χ4n) is 2.39. The Morgan fingerprint density at radius 3 is 2.21 bits per heavy atom. The third-order valence-electron chi connectivity index (χ3n) is 3.83. The molecule has 2 aromatic rings. The number of thiocarbonyl (C=S) groups is 1. The number of nitrogens with zero attached hydrogens (tertiary/aromatic N) is 1. The third kappa shape index (κ3) is 4.55. The van der Waals surface area contributed by atoms with Gasteiger partial charge < -0.3 is 15.5 Å². The second-order valence-electron chi connectivity index (χ2n) is 5.45. The molecule has 0 aliphatic heterocycles. The van der Waals surface area contributed by atoms with Gasteiger partial charge in [-0.3, -0.25) is 4.79 Å². The normalized spacial score (nSPS) is 10.1. The number of rotatable bonds is 5. The van der Waals surface area contributed by atoms with Crippen LogP contribution in [0, 0.1) is 6.92 Å². The number of para-hydroxylation sites is 1. The lowest BCUT2D eigenvalue weighted by Gasteiger charge is -2.18. The molecule has 0 aliphatic rings. The monoisotopic (exact) mass is 341 g/mol. The molecule has 0 saturated carbocycles. The van der Waals surface area contributed by atoms with Crippen molar-refractivity contribution in [1.29, 1.82) is 0 Å². The highest BCUT2D eigenvalue weighted by atomic mass is 32.1. The van der Waals surface area contributed by atoms with Crippen LogP contribution in [-0.2, 0) is 0 Å². The molecule has 2 rings (SSSR count). The summed E-state index contributed by atoms with van der Waals surface area (Å²) >= 11 is 5.34. The van der Waals surface area contributed by atoms with E-state index in [1.54, 1.807) is 4.90 Å². The van der Waals surface area contributed by atoms with E-state index in [1.165, 1.54) is 0 Å². The molecule has 0 aliphatic carbocycles. The standard InChI is InChI=1S/C19H23N3OS/c1-4-22(5-2)18(23)15-10-12-16(13-11-15)20-19(24)21-17-9-7-6-8-14(17)3/h6-13H,4-5H2,1-3H3,(H2,20,21,24). The van der Waals surface area contributed by atoms with Crippen molar-refractivity contribution in [1.82, 2.24) is 4.90 Å². The molecule has 2 N–H and O–H groups in total. The van der Waals surface area contributed by atoms with Crippen molar-refractivity contribution in [2.24, 2.45) is 0 Å². The van der Waals surface area contributed by atoms with E-state index in [9.17, 15) is 4.79 Å². The Bertz CT molecular complexity index is 709. The first-order chi connectivity index (χ1) is 11.5. The van der Waals surface area contributed by atoms with E-state index in [-0.39, 0.29) is 5.91 Å². The number of amides is 1. The number of benzene rings is 2. The Balaban J connectivity index is 2.00. The Kier molecular flexibility index (Phi) is 6.32. The smallest absolute Gasteiger partial charge is 0.253 e. The summed E-state index contributed by atoms with van der Waals surface area (Å²) in [7, 11) is 0. The molecule has 0 saturated heterocycles. The zero-order valence-electron chi connectivity index (χ0n) is 14.3. The summed E-state index contributed by atoms with van der Waals surface area (Å²) in [6.45, 7) is 7.40. The minimum atomic E-state index is 0.0483. The van der Waals surface area contributed by atoms with Crippen LogP contribution in [0.25, 0.3) is 0 Å². The van der Waals surface area contributed by atoms with Gasteiger partial charge in [0, 0.05) is 30.0 Å². The van der Waals surface area contributed by atoms with Crippen LogP contribution in [0.3, 0.4) is 0 Å². The third-order valence-corrected chi connectivity index (χ3v) is 4.04. The molecular formula is C19H23N3OS. The summed E-state index contributed by atoms with van der Waals surface area (Å²) in [5.41, 5.74) is 3.63. The number of nitrogens with one attached hydrogen (secondary N) is 2. The van der Waals surface area contributed by atoms with Crippen LogP contribution in [0.4, 0.5) is 11.4 Å². The summed E-state index contributed by atoms with van der Waals surface area (Å²) in [6.07, 6.45) is 0. The van der Waals surface area contributed by atoms with E-state index < -0.39 is 0 Å².